The number of anilines is 3. The molecule has 36 heavy (non-hydrogen) atoms. The van der Waals surface area contributed by atoms with Gasteiger partial charge in [-0.05, 0) is 67.8 Å². The van der Waals surface area contributed by atoms with Crippen molar-refractivity contribution in [2.24, 2.45) is 0 Å². The van der Waals surface area contributed by atoms with E-state index in [0.29, 0.717) is 26.2 Å². The third-order valence-corrected chi connectivity index (χ3v) is 9.03. The fourth-order valence-electron chi connectivity index (χ4n) is 4.81. The number of carbonyl (C=O) groups excluding carboxylic acids is 1. The second-order valence-electron chi connectivity index (χ2n) is 8.90. The summed E-state index contributed by atoms with van der Waals surface area (Å²) in [4.78, 5) is 19.8. The number of amides is 1. The lowest BCUT2D eigenvalue weighted by Gasteiger charge is -2.41. The molecule has 3 heterocycles. The van der Waals surface area contributed by atoms with Crippen LogP contribution in [0.4, 0.5) is 16.5 Å². The Kier molecular flexibility index (Phi) is 7.05. The summed E-state index contributed by atoms with van der Waals surface area (Å²) in [6, 6.07) is 12.4. The van der Waals surface area contributed by atoms with Crippen LogP contribution in [-0.2, 0) is 21.2 Å². The first-order valence-corrected chi connectivity index (χ1v) is 14.5. The molecule has 1 aromatic heterocycles. The third-order valence-electron chi connectivity index (χ3n) is 6.71. The summed E-state index contributed by atoms with van der Waals surface area (Å²) in [7, 11) is -3.72. The number of hydrogen-bond donors (Lipinski definition) is 1. The monoisotopic (exact) mass is 546 g/mol. The van der Waals surface area contributed by atoms with Crippen LogP contribution >= 0.6 is 22.9 Å². The van der Waals surface area contributed by atoms with E-state index in [-0.39, 0.29) is 22.0 Å². The van der Waals surface area contributed by atoms with E-state index in [0.717, 1.165) is 47.1 Å². The van der Waals surface area contributed by atoms with Gasteiger partial charge in [-0.1, -0.05) is 22.9 Å². The average Bonchev–Trinajstić information content (AvgIpc) is 3.40. The maximum absolute atomic E-state index is 13.4. The van der Waals surface area contributed by atoms with Crippen molar-refractivity contribution in [3.8, 4) is 0 Å². The van der Waals surface area contributed by atoms with Gasteiger partial charge in [0, 0.05) is 49.1 Å². The Balaban J connectivity index is 1.20. The van der Waals surface area contributed by atoms with Crippen molar-refractivity contribution >= 4 is 55.4 Å². The molecular formula is C24H27ClN6O3S2. The maximum atomic E-state index is 13.4. The van der Waals surface area contributed by atoms with E-state index in [1.54, 1.807) is 24.3 Å². The molecule has 2 aromatic carbocycles. The molecule has 9 nitrogen and oxygen atoms in total. The van der Waals surface area contributed by atoms with Gasteiger partial charge in [-0.25, -0.2) is 8.42 Å². The Bertz CT molecular complexity index is 1330. The molecule has 0 saturated carbocycles. The number of sulfonamides is 1. The van der Waals surface area contributed by atoms with Crippen LogP contribution in [0.2, 0.25) is 5.02 Å². The van der Waals surface area contributed by atoms with Gasteiger partial charge in [0.05, 0.1) is 4.90 Å². The standard InChI is InChI=1S/C24H27ClN6O3S2/c1-17(31-10-2-3-18-15-19(25)4-9-22(18)31)23(32)30-13-11-29(12-14-30)20-5-7-21(8-6-20)36(33,34)28-24-27-26-16-35-24/h4-9,15-17H,2-3,10-14H2,1H3,(H,27,28). The molecule has 0 aliphatic carbocycles. The summed E-state index contributed by atoms with van der Waals surface area (Å²) in [5.41, 5.74) is 4.68. The van der Waals surface area contributed by atoms with Crippen molar-refractivity contribution in [1.29, 1.82) is 0 Å². The summed E-state index contributed by atoms with van der Waals surface area (Å²) >= 11 is 7.30. The molecule has 0 spiro atoms. The van der Waals surface area contributed by atoms with E-state index in [1.807, 2.05) is 30.0 Å². The summed E-state index contributed by atoms with van der Waals surface area (Å²) in [6.07, 6.45) is 1.98. The number of carbonyl (C=O) groups is 1. The molecule has 2 aliphatic heterocycles. The van der Waals surface area contributed by atoms with E-state index in [9.17, 15) is 13.2 Å². The zero-order chi connectivity index (χ0) is 25.3. The van der Waals surface area contributed by atoms with Crippen LogP contribution < -0.4 is 14.5 Å². The van der Waals surface area contributed by atoms with Gasteiger partial charge in [-0.2, -0.15) is 0 Å². The second-order valence-corrected chi connectivity index (χ2v) is 11.9. The van der Waals surface area contributed by atoms with E-state index < -0.39 is 10.0 Å². The molecule has 1 atom stereocenters. The van der Waals surface area contributed by atoms with Gasteiger partial charge < -0.3 is 14.7 Å². The molecule has 5 rings (SSSR count). The smallest absolute Gasteiger partial charge is 0.263 e. The number of fused-ring (bicyclic) bond motifs is 1. The van der Waals surface area contributed by atoms with Crippen molar-refractivity contribution in [2.45, 2.75) is 30.7 Å². The van der Waals surface area contributed by atoms with Gasteiger partial charge in [-0.3, -0.25) is 9.52 Å². The summed E-state index contributed by atoms with van der Waals surface area (Å²) in [5, 5.41) is 8.32. The van der Waals surface area contributed by atoms with Gasteiger partial charge in [0.15, 0.2) is 0 Å². The zero-order valence-electron chi connectivity index (χ0n) is 19.8. The van der Waals surface area contributed by atoms with Crippen LogP contribution in [0.3, 0.4) is 0 Å². The largest absolute Gasteiger partial charge is 0.368 e. The highest BCUT2D eigenvalue weighted by Gasteiger charge is 2.31. The number of aromatic nitrogens is 2. The fraction of sp³-hybridized carbons (Fsp3) is 0.375. The number of halogens is 1. The van der Waals surface area contributed by atoms with Gasteiger partial charge in [0.25, 0.3) is 10.0 Å². The summed E-state index contributed by atoms with van der Waals surface area (Å²) < 4.78 is 27.5. The van der Waals surface area contributed by atoms with Crippen LogP contribution in [0, 0.1) is 0 Å². The van der Waals surface area contributed by atoms with Gasteiger partial charge in [-0.15, -0.1) is 10.2 Å². The highest BCUT2D eigenvalue weighted by Crippen LogP contribution is 2.31. The third kappa shape index (κ3) is 5.14. The van der Waals surface area contributed by atoms with Crippen molar-refractivity contribution in [1.82, 2.24) is 15.1 Å². The molecule has 190 valence electrons. The van der Waals surface area contributed by atoms with Gasteiger partial charge in [0.1, 0.15) is 11.6 Å². The maximum Gasteiger partial charge on any atom is 0.263 e. The van der Waals surface area contributed by atoms with Crippen LogP contribution in [0.25, 0.3) is 0 Å². The second kappa shape index (κ2) is 10.2. The highest BCUT2D eigenvalue weighted by molar-refractivity contribution is 7.93. The van der Waals surface area contributed by atoms with Crippen LogP contribution in [-0.4, -0.2) is 68.2 Å². The summed E-state index contributed by atoms with van der Waals surface area (Å²) in [6.45, 7) is 5.42. The van der Waals surface area contributed by atoms with E-state index in [2.05, 4.69) is 24.7 Å². The minimum Gasteiger partial charge on any atom is -0.368 e. The molecule has 1 unspecified atom stereocenters. The Labute approximate surface area is 219 Å². The van der Waals surface area contributed by atoms with Gasteiger partial charge in [0.2, 0.25) is 11.0 Å². The van der Waals surface area contributed by atoms with Crippen molar-refractivity contribution in [3.63, 3.8) is 0 Å². The first kappa shape index (κ1) is 24.8. The molecule has 1 amide bonds. The molecule has 0 radical (unpaired) electrons. The Hall–Kier alpha value is -2.89. The molecule has 12 heteroatoms. The Morgan fingerprint density at radius 3 is 2.53 bits per heavy atom. The average molecular weight is 547 g/mol. The number of hydrogen-bond acceptors (Lipinski definition) is 8. The molecular weight excluding hydrogens is 520 g/mol. The highest BCUT2D eigenvalue weighted by atomic mass is 35.5. The molecule has 0 bridgehead atoms. The van der Waals surface area contributed by atoms with Crippen molar-refractivity contribution in [3.05, 3.63) is 58.6 Å². The molecule has 1 N–H and O–H groups in total. The zero-order valence-corrected chi connectivity index (χ0v) is 22.2. The SMILES string of the molecule is CC(C(=O)N1CCN(c2ccc(S(=O)(=O)Nc3nncs3)cc2)CC1)N1CCCc2cc(Cl)ccc21. The number of aryl methyl sites for hydroxylation is 1. The number of rotatable bonds is 6. The van der Waals surface area contributed by atoms with E-state index >= 15 is 0 Å². The summed E-state index contributed by atoms with van der Waals surface area (Å²) in [5.74, 6) is 0.127. The normalized spacial score (nSPS) is 17.0. The Morgan fingerprint density at radius 1 is 1.08 bits per heavy atom. The number of nitrogens with one attached hydrogen (secondary N) is 1. The van der Waals surface area contributed by atoms with Crippen LogP contribution in [0.15, 0.2) is 52.9 Å². The first-order chi connectivity index (χ1) is 17.3. The lowest BCUT2D eigenvalue weighted by molar-refractivity contribution is -0.132. The van der Waals surface area contributed by atoms with Gasteiger partial charge >= 0.3 is 0 Å². The molecule has 1 fully saturated rings. The van der Waals surface area contributed by atoms with Crippen molar-refractivity contribution < 1.29 is 13.2 Å². The van der Waals surface area contributed by atoms with Crippen LogP contribution in [0.1, 0.15) is 18.9 Å². The fourth-order valence-corrected chi connectivity index (χ4v) is 6.69. The molecule has 3 aromatic rings. The molecule has 2 aliphatic rings. The molecule has 1 saturated heterocycles. The predicted molar refractivity (Wildman–Crippen MR) is 143 cm³/mol. The van der Waals surface area contributed by atoms with Crippen LogP contribution in [0.5, 0.6) is 0 Å². The quantitative estimate of drug-likeness (QED) is 0.505. The minimum atomic E-state index is -3.72. The number of nitrogens with zero attached hydrogens (tertiary/aromatic N) is 5. The first-order valence-electron chi connectivity index (χ1n) is 11.8. The Morgan fingerprint density at radius 2 is 1.83 bits per heavy atom. The topological polar surface area (TPSA) is 98.7 Å². The lowest BCUT2D eigenvalue weighted by Crippen LogP contribution is -2.55. The lowest BCUT2D eigenvalue weighted by atomic mass is 10.00. The van der Waals surface area contributed by atoms with E-state index in [1.165, 1.54) is 11.1 Å². The van der Waals surface area contributed by atoms with E-state index in [4.69, 9.17) is 11.6 Å². The number of piperazine rings is 1. The number of benzene rings is 2. The van der Waals surface area contributed by atoms with Crippen molar-refractivity contribution in [2.75, 3.05) is 47.2 Å². The minimum absolute atomic E-state index is 0.127. The predicted octanol–water partition coefficient (Wildman–Crippen LogP) is 3.48.